The molecule has 0 amide bonds. The van der Waals surface area contributed by atoms with Crippen molar-refractivity contribution in [2.75, 3.05) is 47.1 Å². The van der Waals surface area contributed by atoms with E-state index in [1.54, 1.807) is 19.2 Å². The molecule has 1 aliphatic heterocycles. The third-order valence-corrected chi connectivity index (χ3v) is 5.03. The molecule has 1 atom stereocenters. The molecule has 0 aliphatic carbocycles. The third-order valence-electron chi connectivity index (χ3n) is 5.03. The van der Waals surface area contributed by atoms with Crippen LogP contribution in [0.3, 0.4) is 0 Å². The molecule has 0 aromatic heterocycles. The SMILES string of the molecule is CCOC(=O)C1(CCOC)CCCN(C/C=C/c2ccc(O)c(OC)c2)C1. The van der Waals surface area contributed by atoms with Gasteiger partial charge in [0.05, 0.1) is 19.1 Å². The van der Waals surface area contributed by atoms with Crippen LogP contribution in [0.1, 0.15) is 31.7 Å². The summed E-state index contributed by atoms with van der Waals surface area (Å²) in [5.74, 6) is 0.470. The minimum Gasteiger partial charge on any atom is -0.504 e. The van der Waals surface area contributed by atoms with Gasteiger partial charge in [0.2, 0.25) is 0 Å². The third kappa shape index (κ3) is 5.71. The molecule has 2 rings (SSSR count). The van der Waals surface area contributed by atoms with E-state index >= 15 is 0 Å². The fourth-order valence-electron chi connectivity index (χ4n) is 3.57. The van der Waals surface area contributed by atoms with Crippen molar-refractivity contribution in [3.05, 3.63) is 29.8 Å². The van der Waals surface area contributed by atoms with E-state index in [2.05, 4.69) is 11.0 Å². The molecular formula is C21H31NO5. The quantitative estimate of drug-likeness (QED) is 0.667. The highest BCUT2D eigenvalue weighted by atomic mass is 16.5. The van der Waals surface area contributed by atoms with Gasteiger partial charge in [0.25, 0.3) is 0 Å². The molecule has 0 saturated carbocycles. The molecular weight excluding hydrogens is 346 g/mol. The van der Waals surface area contributed by atoms with Gasteiger partial charge in [-0.15, -0.1) is 0 Å². The lowest BCUT2D eigenvalue weighted by Gasteiger charge is -2.40. The van der Waals surface area contributed by atoms with E-state index in [1.165, 1.54) is 7.11 Å². The average Bonchev–Trinajstić information content (AvgIpc) is 2.68. The standard InChI is InChI=1S/C21H31NO5/c1-4-27-20(24)21(11-14-25-2)10-6-13-22(16-21)12-5-7-17-8-9-18(23)19(15-17)26-3/h5,7-9,15,23H,4,6,10-14,16H2,1-3H3/b7-5+. The molecule has 6 heteroatoms. The van der Waals surface area contributed by atoms with Gasteiger partial charge in [0.15, 0.2) is 11.5 Å². The van der Waals surface area contributed by atoms with Crippen LogP contribution in [0.15, 0.2) is 24.3 Å². The average molecular weight is 377 g/mol. The van der Waals surface area contributed by atoms with Crippen LogP contribution in [0.4, 0.5) is 0 Å². The lowest BCUT2D eigenvalue weighted by Crippen LogP contribution is -2.49. The largest absolute Gasteiger partial charge is 0.504 e. The van der Waals surface area contributed by atoms with Crippen molar-refractivity contribution in [2.24, 2.45) is 5.41 Å². The fraction of sp³-hybridized carbons (Fsp3) is 0.571. The lowest BCUT2D eigenvalue weighted by atomic mass is 9.77. The van der Waals surface area contributed by atoms with Crippen LogP contribution in [-0.4, -0.2) is 63.0 Å². The Kier molecular flexibility index (Phi) is 8.13. The molecule has 1 N–H and O–H groups in total. The number of carbonyl (C=O) groups excluding carboxylic acids is 1. The normalized spacial score (nSPS) is 20.7. The number of piperidine rings is 1. The summed E-state index contributed by atoms with van der Waals surface area (Å²) in [7, 11) is 3.19. The molecule has 1 unspecified atom stereocenters. The molecule has 0 radical (unpaired) electrons. The first-order valence-electron chi connectivity index (χ1n) is 9.46. The molecule has 1 aromatic carbocycles. The van der Waals surface area contributed by atoms with Crippen molar-refractivity contribution in [1.82, 2.24) is 4.90 Å². The topological polar surface area (TPSA) is 68.2 Å². The van der Waals surface area contributed by atoms with Gasteiger partial charge in [-0.05, 0) is 50.4 Å². The van der Waals surface area contributed by atoms with Crippen molar-refractivity contribution >= 4 is 12.0 Å². The number of phenols is 1. The number of nitrogens with zero attached hydrogens (tertiary/aromatic N) is 1. The Morgan fingerprint density at radius 2 is 2.19 bits per heavy atom. The Labute approximate surface area is 161 Å². The summed E-state index contributed by atoms with van der Waals surface area (Å²) in [5.41, 5.74) is 0.470. The monoisotopic (exact) mass is 377 g/mol. The number of benzene rings is 1. The Balaban J connectivity index is 2.02. The molecule has 0 spiro atoms. The van der Waals surface area contributed by atoms with Gasteiger partial charge in [-0.1, -0.05) is 18.2 Å². The molecule has 6 nitrogen and oxygen atoms in total. The number of carbonyl (C=O) groups is 1. The van der Waals surface area contributed by atoms with Gasteiger partial charge in [-0.25, -0.2) is 0 Å². The zero-order valence-electron chi connectivity index (χ0n) is 16.6. The maximum Gasteiger partial charge on any atom is 0.313 e. The smallest absolute Gasteiger partial charge is 0.313 e. The molecule has 1 aliphatic rings. The second-order valence-electron chi connectivity index (χ2n) is 6.92. The van der Waals surface area contributed by atoms with E-state index in [-0.39, 0.29) is 11.7 Å². The molecule has 1 heterocycles. The Morgan fingerprint density at radius 1 is 1.37 bits per heavy atom. The lowest BCUT2D eigenvalue weighted by molar-refractivity contribution is -0.160. The maximum absolute atomic E-state index is 12.6. The van der Waals surface area contributed by atoms with Crippen molar-refractivity contribution in [3.63, 3.8) is 0 Å². The van der Waals surface area contributed by atoms with Gasteiger partial charge in [0.1, 0.15) is 0 Å². The van der Waals surface area contributed by atoms with Crippen molar-refractivity contribution in [1.29, 1.82) is 0 Å². The number of ether oxygens (including phenoxy) is 3. The van der Waals surface area contributed by atoms with E-state index in [0.717, 1.165) is 31.5 Å². The number of hydrogen-bond acceptors (Lipinski definition) is 6. The first-order chi connectivity index (χ1) is 13.0. The summed E-state index contributed by atoms with van der Waals surface area (Å²) in [4.78, 5) is 14.9. The van der Waals surface area contributed by atoms with Crippen LogP contribution in [0.2, 0.25) is 0 Å². The summed E-state index contributed by atoms with van der Waals surface area (Å²) < 4.78 is 15.7. The summed E-state index contributed by atoms with van der Waals surface area (Å²) >= 11 is 0. The van der Waals surface area contributed by atoms with Crippen molar-refractivity contribution in [3.8, 4) is 11.5 Å². The second-order valence-corrected chi connectivity index (χ2v) is 6.92. The number of esters is 1. The minimum absolute atomic E-state index is 0.112. The Hall–Kier alpha value is -2.05. The number of phenolic OH excluding ortho intramolecular Hbond substituents is 1. The minimum atomic E-state index is -0.486. The summed E-state index contributed by atoms with van der Waals surface area (Å²) in [5, 5.41) is 9.68. The Morgan fingerprint density at radius 3 is 2.89 bits per heavy atom. The van der Waals surface area contributed by atoms with Crippen molar-refractivity contribution < 1.29 is 24.1 Å². The summed E-state index contributed by atoms with van der Waals surface area (Å²) in [6, 6.07) is 5.26. The molecule has 1 fully saturated rings. The van der Waals surface area contributed by atoms with Gasteiger partial charge < -0.3 is 19.3 Å². The van der Waals surface area contributed by atoms with Crippen LogP contribution in [0, 0.1) is 5.41 Å². The van der Waals surface area contributed by atoms with Crippen LogP contribution >= 0.6 is 0 Å². The maximum atomic E-state index is 12.6. The van der Waals surface area contributed by atoms with Crippen molar-refractivity contribution in [2.45, 2.75) is 26.2 Å². The predicted molar refractivity (Wildman–Crippen MR) is 105 cm³/mol. The number of rotatable bonds is 9. The van der Waals surface area contributed by atoms with Crippen LogP contribution < -0.4 is 4.74 Å². The molecule has 1 aromatic rings. The van der Waals surface area contributed by atoms with E-state index in [9.17, 15) is 9.90 Å². The van der Waals surface area contributed by atoms with Gasteiger partial charge in [-0.3, -0.25) is 9.69 Å². The first-order valence-corrected chi connectivity index (χ1v) is 9.46. The predicted octanol–water partition coefficient (Wildman–Crippen LogP) is 3.10. The van der Waals surface area contributed by atoms with E-state index in [0.29, 0.717) is 31.9 Å². The van der Waals surface area contributed by atoms with Gasteiger partial charge >= 0.3 is 5.97 Å². The van der Waals surface area contributed by atoms with E-state index in [1.807, 2.05) is 19.1 Å². The fourth-order valence-corrected chi connectivity index (χ4v) is 3.57. The second kappa shape index (κ2) is 10.3. The highest BCUT2D eigenvalue weighted by molar-refractivity contribution is 5.77. The van der Waals surface area contributed by atoms with E-state index < -0.39 is 5.41 Å². The zero-order chi connectivity index (χ0) is 19.7. The van der Waals surface area contributed by atoms with Gasteiger partial charge in [-0.2, -0.15) is 0 Å². The number of methoxy groups -OCH3 is 2. The van der Waals surface area contributed by atoms with Gasteiger partial charge in [0, 0.05) is 26.8 Å². The highest BCUT2D eigenvalue weighted by Crippen LogP contribution is 2.35. The number of aromatic hydroxyl groups is 1. The summed E-state index contributed by atoms with van der Waals surface area (Å²) in [6.45, 7) is 5.18. The molecule has 27 heavy (non-hydrogen) atoms. The van der Waals surface area contributed by atoms with Crippen LogP contribution in [-0.2, 0) is 14.3 Å². The zero-order valence-corrected chi connectivity index (χ0v) is 16.6. The van der Waals surface area contributed by atoms with E-state index in [4.69, 9.17) is 14.2 Å². The first kappa shape index (κ1) is 21.3. The van der Waals surface area contributed by atoms with Crippen LogP contribution in [0.25, 0.3) is 6.08 Å². The number of likely N-dealkylation sites (tertiary alicyclic amines) is 1. The van der Waals surface area contributed by atoms with Crippen LogP contribution in [0.5, 0.6) is 11.5 Å². The Bertz CT molecular complexity index is 645. The summed E-state index contributed by atoms with van der Waals surface area (Å²) in [6.07, 6.45) is 6.55. The number of hydrogen-bond donors (Lipinski definition) is 1. The molecule has 1 saturated heterocycles. The molecule has 0 bridgehead atoms. The molecule has 150 valence electrons. The highest BCUT2D eigenvalue weighted by Gasteiger charge is 2.42.